The van der Waals surface area contributed by atoms with Gasteiger partial charge in [-0.2, -0.15) is 11.8 Å². The molecular formula is C15H24N2OS2. The molecule has 1 saturated heterocycles. The standard InChI is InChI=1S/C15H24N2OS2/c1-5-15(3)14(18)17(11(2)8-10-19-4)13(16-15)12-7-6-9-20-12/h6-7,9,11,13,16H,5,8,10H2,1-4H3. The number of rotatable bonds is 6. The van der Waals surface area contributed by atoms with E-state index in [1.54, 1.807) is 11.3 Å². The van der Waals surface area contributed by atoms with Crippen LogP contribution in [0.4, 0.5) is 0 Å². The summed E-state index contributed by atoms with van der Waals surface area (Å²) in [6, 6.07) is 4.44. The Balaban J connectivity index is 2.26. The number of thioether (sulfide) groups is 1. The van der Waals surface area contributed by atoms with Gasteiger partial charge in [0.2, 0.25) is 5.91 Å². The van der Waals surface area contributed by atoms with Crippen LogP contribution in [0, 0.1) is 0 Å². The summed E-state index contributed by atoms with van der Waals surface area (Å²) in [5, 5.41) is 5.63. The first kappa shape index (κ1) is 15.9. The van der Waals surface area contributed by atoms with Gasteiger partial charge in [-0.05, 0) is 50.1 Å². The zero-order valence-electron chi connectivity index (χ0n) is 12.7. The topological polar surface area (TPSA) is 32.3 Å². The summed E-state index contributed by atoms with van der Waals surface area (Å²) in [7, 11) is 0. The van der Waals surface area contributed by atoms with Crippen LogP contribution in [0.15, 0.2) is 17.5 Å². The van der Waals surface area contributed by atoms with E-state index in [-0.39, 0.29) is 18.1 Å². The van der Waals surface area contributed by atoms with Crippen molar-refractivity contribution in [3.8, 4) is 0 Å². The van der Waals surface area contributed by atoms with Gasteiger partial charge in [-0.1, -0.05) is 13.0 Å². The molecule has 3 atom stereocenters. The van der Waals surface area contributed by atoms with Crippen LogP contribution in [0.2, 0.25) is 0 Å². The predicted molar refractivity (Wildman–Crippen MR) is 88.2 cm³/mol. The van der Waals surface area contributed by atoms with Gasteiger partial charge in [0.25, 0.3) is 0 Å². The summed E-state index contributed by atoms with van der Waals surface area (Å²) in [5.41, 5.74) is -0.428. The molecule has 3 unspecified atom stereocenters. The lowest BCUT2D eigenvalue weighted by molar-refractivity contribution is -0.134. The fourth-order valence-corrected chi connectivity index (χ4v) is 3.98. The molecule has 0 bridgehead atoms. The molecule has 0 aromatic carbocycles. The number of hydrogen-bond donors (Lipinski definition) is 1. The van der Waals surface area contributed by atoms with E-state index in [2.05, 4.69) is 47.8 Å². The third-order valence-electron chi connectivity index (χ3n) is 4.17. The molecule has 1 aromatic heterocycles. The van der Waals surface area contributed by atoms with E-state index in [0.717, 1.165) is 18.6 Å². The van der Waals surface area contributed by atoms with Gasteiger partial charge >= 0.3 is 0 Å². The molecule has 20 heavy (non-hydrogen) atoms. The molecule has 2 heterocycles. The summed E-state index contributed by atoms with van der Waals surface area (Å²) in [5.74, 6) is 1.33. The molecule has 1 aliphatic heterocycles. The maximum Gasteiger partial charge on any atom is 0.244 e. The second-order valence-corrected chi connectivity index (χ2v) is 7.56. The zero-order valence-corrected chi connectivity index (χ0v) is 14.3. The molecule has 3 nitrogen and oxygen atoms in total. The van der Waals surface area contributed by atoms with Crippen molar-refractivity contribution in [2.45, 2.75) is 51.4 Å². The Morgan fingerprint density at radius 3 is 2.90 bits per heavy atom. The molecule has 0 spiro atoms. The highest BCUT2D eigenvalue weighted by Gasteiger charge is 2.48. The van der Waals surface area contributed by atoms with Gasteiger partial charge in [0, 0.05) is 10.9 Å². The number of hydrogen-bond acceptors (Lipinski definition) is 4. The maximum absolute atomic E-state index is 12.8. The van der Waals surface area contributed by atoms with Crippen LogP contribution in [0.3, 0.4) is 0 Å². The molecule has 1 aliphatic rings. The van der Waals surface area contributed by atoms with Crippen molar-refractivity contribution in [1.29, 1.82) is 0 Å². The van der Waals surface area contributed by atoms with Crippen molar-refractivity contribution in [2.24, 2.45) is 0 Å². The average Bonchev–Trinajstić information content (AvgIpc) is 3.05. The lowest BCUT2D eigenvalue weighted by Gasteiger charge is -2.30. The summed E-state index contributed by atoms with van der Waals surface area (Å²) in [4.78, 5) is 16.1. The van der Waals surface area contributed by atoms with Gasteiger partial charge in [-0.15, -0.1) is 11.3 Å². The second kappa shape index (κ2) is 6.50. The molecule has 0 aliphatic carbocycles. The Bertz CT molecular complexity index is 449. The maximum atomic E-state index is 12.8. The van der Waals surface area contributed by atoms with Gasteiger partial charge in [0.1, 0.15) is 6.17 Å². The van der Waals surface area contributed by atoms with E-state index in [9.17, 15) is 4.79 Å². The Labute approximate surface area is 130 Å². The van der Waals surface area contributed by atoms with Crippen LogP contribution >= 0.6 is 23.1 Å². The van der Waals surface area contributed by atoms with Crippen LogP contribution in [-0.2, 0) is 4.79 Å². The quantitative estimate of drug-likeness (QED) is 0.872. The first-order valence-electron chi connectivity index (χ1n) is 7.16. The molecule has 5 heteroatoms. The van der Waals surface area contributed by atoms with E-state index in [1.807, 2.05) is 18.7 Å². The SMILES string of the molecule is CCC1(C)NC(c2cccs2)N(C(C)CCSC)C1=O. The van der Waals surface area contributed by atoms with Gasteiger partial charge in [-0.3, -0.25) is 10.1 Å². The van der Waals surface area contributed by atoms with Crippen LogP contribution in [0.5, 0.6) is 0 Å². The third kappa shape index (κ3) is 2.90. The smallest absolute Gasteiger partial charge is 0.244 e. The van der Waals surface area contributed by atoms with Gasteiger partial charge in [-0.25, -0.2) is 0 Å². The fraction of sp³-hybridized carbons (Fsp3) is 0.667. The Kier molecular flexibility index (Phi) is 5.15. The van der Waals surface area contributed by atoms with Crippen molar-refractivity contribution in [3.05, 3.63) is 22.4 Å². The molecular weight excluding hydrogens is 288 g/mol. The van der Waals surface area contributed by atoms with Crippen LogP contribution in [0.1, 0.15) is 44.7 Å². The molecule has 1 N–H and O–H groups in total. The molecule has 0 saturated carbocycles. The highest BCUT2D eigenvalue weighted by Crippen LogP contribution is 2.36. The minimum absolute atomic E-state index is 0.0318. The Hall–Kier alpha value is -0.520. The normalized spacial score (nSPS) is 28.1. The van der Waals surface area contributed by atoms with Crippen molar-refractivity contribution >= 4 is 29.0 Å². The highest BCUT2D eigenvalue weighted by atomic mass is 32.2. The Morgan fingerprint density at radius 1 is 1.60 bits per heavy atom. The summed E-state index contributed by atoms with van der Waals surface area (Å²) in [6.07, 6.45) is 4.00. The fourth-order valence-electron chi connectivity index (χ4n) is 2.63. The molecule has 1 amide bonds. The van der Waals surface area contributed by atoms with Crippen molar-refractivity contribution < 1.29 is 4.79 Å². The Morgan fingerprint density at radius 2 is 2.35 bits per heavy atom. The first-order valence-corrected chi connectivity index (χ1v) is 9.43. The average molecular weight is 313 g/mol. The van der Waals surface area contributed by atoms with E-state index in [0.29, 0.717) is 0 Å². The zero-order chi connectivity index (χ0) is 14.8. The van der Waals surface area contributed by atoms with Crippen molar-refractivity contribution in [2.75, 3.05) is 12.0 Å². The van der Waals surface area contributed by atoms with E-state index in [4.69, 9.17) is 0 Å². The molecule has 1 fully saturated rings. The summed E-state index contributed by atoms with van der Waals surface area (Å²) < 4.78 is 0. The van der Waals surface area contributed by atoms with Gasteiger partial charge in [0.05, 0.1) is 5.54 Å². The third-order valence-corrected chi connectivity index (χ3v) is 5.74. The van der Waals surface area contributed by atoms with E-state index < -0.39 is 5.54 Å². The van der Waals surface area contributed by atoms with E-state index >= 15 is 0 Å². The van der Waals surface area contributed by atoms with Crippen molar-refractivity contribution in [3.63, 3.8) is 0 Å². The number of thiophene rings is 1. The molecule has 112 valence electrons. The minimum Gasteiger partial charge on any atom is -0.318 e. The van der Waals surface area contributed by atoms with Crippen molar-refractivity contribution in [1.82, 2.24) is 10.2 Å². The number of carbonyl (C=O) groups excluding carboxylic acids is 1. The van der Waals surface area contributed by atoms with Gasteiger partial charge in [0.15, 0.2) is 0 Å². The number of nitrogens with one attached hydrogen (secondary N) is 1. The predicted octanol–water partition coefficient (Wildman–Crippen LogP) is 3.49. The summed E-state index contributed by atoms with van der Waals surface area (Å²) >= 11 is 3.56. The molecule has 1 aromatic rings. The summed E-state index contributed by atoms with van der Waals surface area (Å²) in [6.45, 7) is 6.27. The number of carbonyl (C=O) groups is 1. The van der Waals surface area contributed by atoms with Crippen LogP contribution in [0.25, 0.3) is 0 Å². The lowest BCUT2D eigenvalue weighted by atomic mass is 9.99. The lowest BCUT2D eigenvalue weighted by Crippen LogP contribution is -2.44. The number of nitrogens with zero attached hydrogens (tertiary/aromatic N) is 1. The van der Waals surface area contributed by atoms with Crippen LogP contribution in [-0.4, -0.2) is 34.4 Å². The number of amides is 1. The monoisotopic (exact) mass is 312 g/mol. The minimum atomic E-state index is -0.428. The largest absolute Gasteiger partial charge is 0.318 e. The van der Waals surface area contributed by atoms with Gasteiger partial charge < -0.3 is 4.90 Å². The molecule has 0 radical (unpaired) electrons. The van der Waals surface area contributed by atoms with Crippen LogP contribution < -0.4 is 5.32 Å². The first-order chi connectivity index (χ1) is 9.53. The van der Waals surface area contributed by atoms with E-state index in [1.165, 1.54) is 4.88 Å². The molecule has 2 rings (SSSR count). The highest BCUT2D eigenvalue weighted by molar-refractivity contribution is 7.98. The second-order valence-electron chi connectivity index (χ2n) is 5.59.